The summed E-state index contributed by atoms with van der Waals surface area (Å²) in [7, 11) is 1.28. The van der Waals surface area contributed by atoms with Crippen LogP contribution in [0.1, 0.15) is 12.5 Å². The predicted molar refractivity (Wildman–Crippen MR) is 69.6 cm³/mol. The summed E-state index contributed by atoms with van der Waals surface area (Å²) in [5, 5.41) is 5.08. The second kappa shape index (κ2) is 7.97. The number of benzene rings is 1. The largest absolute Gasteiger partial charge is 0.453 e. The molecule has 0 fully saturated rings. The molecule has 0 spiro atoms. The SMILES string of the molecule is COC(=O)NC(C)CNC(=O)OCc1ccccc1. The summed E-state index contributed by atoms with van der Waals surface area (Å²) in [5.74, 6) is 0. The number of alkyl carbamates (subject to hydrolysis) is 2. The fourth-order valence-corrected chi connectivity index (χ4v) is 1.32. The zero-order valence-electron chi connectivity index (χ0n) is 11.0. The fraction of sp³-hybridized carbons (Fsp3) is 0.385. The fourth-order valence-electron chi connectivity index (χ4n) is 1.32. The Balaban J connectivity index is 2.19. The van der Waals surface area contributed by atoms with Crippen molar-refractivity contribution in [2.24, 2.45) is 0 Å². The van der Waals surface area contributed by atoms with Gasteiger partial charge in [-0.15, -0.1) is 0 Å². The molecule has 1 unspecified atom stereocenters. The highest BCUT2D eigenvalue weighted by Gasteiger charge is 2.09. The molecule has 0 aromatic heterocycles. The predicted octanol–water partition coefficient (Wildman–Crippen LogP) is 1.66. The van der Waals surface area contributed by atoms with Crippen molar-refractivity contribution >= 4 is 12.2 Å². The summed E-state index contributed by atoms with van der Waals surface area (Å²) >= 11 is 0. The van der Waals surface area contributed by atoms with Gasteiger partial charge in [-0.05, 0) is 12.5 Å². The van der Waals surface area contributed by atoms with Crippen molar-refractivity contribution in [2.75, 3.05) is 13.7 Å². The first-order valence-corrected chi connectivity index (χ1v) is 5.91. The lowest BCUT2D eigenvalue weighted by atomic mass is 10.2. The van der Waals surface area contributed by atoms with Crippen LogP contribution in [0.15, 0.2) is 30.3 Å². The maximum atomic E-state index is 11.4. The first-order chi connectivity index (χ1) is 9.11. The van der Waals surface area contributed by atoms with Crippen molar-refractivity contribution in [1.82, 2.24) is 10.6 Å². The number of carbonyl (C=O) groups is 2. The van der Waals surface area contributed by atoms with Crippen molar-refractivity contribution in [1.29, 1.82) is 0 Å². The van der Waals surface area contributed by atoms with Crippen LogP contribution in [0.2, 0.25) is 0 Å². The molecule has 19 heavy (non-hydrogen) atoms. The Bertz CT molecular complexity index is 408. The van der Waals surface area contributed by atoms with Crippen molar-refractivity contribution in [3.8, 4) is 0 Å². The van der Waals surface area contributed by atoms with Gasteiger partial charge in [-0.1, -0.05) is 30.3 Å². The molecular formula is C13H18N2O4. The Morgan fingerprint density at radius 3 is 2.53 bits per heavy atom. The smallest absolute Gasteiger partial charge is 0.407 e. The van der Waals surface area contributed by atoms with Gasteiger partial charge in [0.05, 0.1) is 7.11 Å². The summed E-state index contributed by atoms with van der Waals surface area (Å²) in [4.78, 5) is 22.3. The van der Waals surface area contributed by atoms with Crippen LogP contribution >= 0.6 is 0 Å². The molecule has 2 amide bonds. The number of hydrogen-bond acceptors (Lipinski definition) is 4. The minimum atomic E-state index is -0.535. The zero-order chi connectivity index (χ0) is 14.1. The van der Waals surface area contributed by atoms with Crippen LogP contribution in [0.4, 0.5) is 9.59 Å². The third kappa shape index (κ3) is 6.30. The molecule has 0 radical (unpaired) electrons. The summed E-state index contributed by atoms with van der Waals surface area (Å²) in [6.07, 6.45) is -1.06. The van der Waals surface area contributed by atoms with Crippen LogP contribution in [0.3, 0.4) is 0 Å². The quantitative estimate of drug-likeness (QED) is 0.849. The summed E-state index contributed by atoms with van der Waals surface area (Å²) < 4.78 is 9.45. The molecule has 0 bridgehead atoms. The zero-order valence-corrected chi connectivity index (χ0v) is 11.0. The highest BCUT2D eigenvalue weighted by atomic mass is 16.5. The Morgan fingerprint density at radius 1 is 1.21 bits per heavy atom. The van der Waals surface area contributed by atoms with Crippen molar-refractivity contribution < 1.29 is 19.1 Å². The van der Waals surface area contributed by atoms with E-state index in [-0.39, 0.29) is 19.2 Å². The van der Waals surface area contributed by atoms with Gasteiger partial charge >= 0.3 is 12.2 Å². The lowest BCUT2D eigenvalue weighted by molar-refractivity contribution is 0.137. The van der Waals surface area contributed by atoms with Gasteiger partial charge in [0, 0.05) is 12.6 Å². The summed E-state index contributed by atoms with van der Waals surface area (Å²) in [6, 6.07) is 9.14. The molecule has 2 N–H and O–H groups in total. The van der Waals surface area contributed by atoms with Crippen LogP contribution in [-0.2, 0) is 16.1 Å². The van der Waals surface area contributed by atoms with Gasteiger partial charge in [0.2, 0.25) is 0 Å². The minimum absolute atomic E-state index is 0.214. The number of amides is 2. The second-order valence-corrected chi connectivity index (χ2v) is 3.98. The molecule has 0 aliphatic rings. The molecule has 0 saturated heterocycles. The van der Waals surface area contributed by atoms with Crippen molar-refractivity contribution in [3.05, 3.63) is 35.9 Å². The molecule has 0 heterocycles. The number of nitrogens with one attached hydrogen (secondary N) is 2. The van der Waals surface area contributed by atoms with Crippen LogP contribution in [0.5, 0.6) is 0 Å². The van der Waals surface area contributed by atoms with Gasteiger partial charge in [-0.3, -0.25) is 0 Å². The molecule has 1 rings (SSSR count). The number of hydrogen-bond donors (Lipinski definition) is 2. The molecule has 0 saturated carbocycles. The Labute approximate surface area is 112 Å². The van der Waals surface area contributed by atoms with E-state index < -0.39 is 12.2 Å². The van der Waals surface area contributed by atoms with Gasteiger partial charge in [-0.25, -0.2) is 9.59 Å². The normalized spacial score (nSPS) is 11.3. The monoisotopic (exact) mass is 266 g/mol. The molecule has 0 aliphatic carbocycles. The molecule has 104 valence electrons. The van der Waals surface area contributed by atoms with Crippen LogP contribution in [0, 0.1) is 0 Å². The van der Waals surface area contributed by atoms with Gasteiger partial charge in [0.25, 0.3) is 0 Å². The standard InChI is InChI=1S/C13H18N2O4/c1-10(15-13(17)18-2)8-14-12(16)19-9-11-6-4-3-5-7-11/h3-7,10H,8-9H2,1-2H3,(H,14,16)(H,15,17). The molecule has 6 nitrogen and oxygen atoms in total. The molecular weight excluding hydrogens is 248 g/mol. The minimum Gasteiger partial charge on any atom is -0.453 e. The lowest BCUT2D eigenvalue weighted by Crippen LogP contribution is -2.41. The summed E-state index contributed by atoms with van der Waals surface area (Å²) in [5.41, 5.74) is 0.915. The third-order valence-corrected chi connectivity index (χ3v) is 2.31. The van der Waals surface area contributed by atoms with E-state index in [2.05, 4.69) is 15.4 Å². The van der Waals surface area contributed by atoms with Gasteiger partial charge in [0.15, 0.2) is 0 Å². The Hall–Kier alpha value is -2.24. The van der Waals surface area contributed by atoms with Gasteiger partial charge in [0.1, 0.15) is 6.61 Å². The van der Waals surface area contributed by atoms with Crippen LogP contribution in [0.25, 0.3) is 0 Å². The topological polar surface area (TPSA) is 76.7 Å². The maximum absolute atomic E-state index is 11.4. The van der Waals surface area contributed by atoms with E-state index in [0.29, 0.717) is 0 Å². The average molecular weight is 266 g/mol. The third-order valence-electron chi connectivity index (χ3n) is 2.31. The molecule has 1 aromatic rings. The van der Waals surface area contributed by atoms with Crippen LogP contribution in [-0.4, -0.2) is 31.9 Å². The van der Waals surface area contributed by atoms with Crippen molar-refractivity contribution in [3.63, 3.8) is 0 Å². The number of methoxy groups -OCH3 is 1. The van der Waals surface area contributed by atoms with Gasteiger partial charge in [-0.2, -0.15) is 0 Å². The van der Waals surface area contributed by atoms with E-state index >= 15 is 0 Å². The number of carbonyl (C=O) groups excluding carboxylic acids is 2. The highest BCUT2D eigenvalue weighted by molar-refractivity contribution is 5.68. The van der Waals surface area contributed by atoms with E-state index in [0.717, 1.165) is 5.56 Å². The first kappa shape index (κ1) is 14.8. The average Bonchev–Trinajstić information content (AvgIpc) is 2.43. The van der Waals surface area contributed by atoms with Crippen LogP contribution < -0.4 is 10.6 Å². The summed E-state index contributed by atoms with van der Waals surface area (Å²) in [6.45, 7) is 2.22. The number of rotatable bonds is 5. The van der Waals surface area contributed by atoms with Crippen molar-refractivity contribution in [2.45, 2.75) is 19.6 Å². The molecule has 1 aromatic carbocycles. The number of ether oxygens (including phenoxy) is 2. The lowest BCUT2D eigenvalue weighted by Gasteiger charge is -2.13. The Kier molecular flexibility index (Phi) is 6.21. The van der Waals surface area contributed by atoms with E-state index in [1.807, 2.05) is 30.3 Å². The molecule has 1 atom stereocenters. The van der Waals surface area contributed by atoms with E-state index in [4.69, 9.17) is 4.74 Å². The van der Waals surface area contributed by atoms with E-state index in [1.54, 1.807) is 6.92 Å². The van der Waals surface area contributed by atoms with Gasteiger partial charge < -0.3 is 20.1 Å². The highest BCUT2D eigenvalue weighted by Crippen LogP contribution is 2.00. The Morgan fingerprint density at radius 2 is 1.89 bits per heavy atom. The maximum Gasteiger partial charge on any atom is 0.407 e. The first-order valence-electron chi connectivity index (χ1n) is 5.91. The molecule has 0 aliphatic heterocycles. The van der Waals surface area contributed by atoms with E-state index in [9.17, 15) is 9.59 Å². The second-order valence-electron chi connectivity index (χ2n) is 3.98. The molecule has 6 heteroatoms. The van der Waals surface area contributed by atoms with E-state index in [1.165, 1.54) is 7.11 Å².